The molecule has 0 saturated carbocycles. The molecular formula is C17H11ClN2O3. The zero-order valence-electron chi connectivity index (χ0n) is 11.8. The maximum Gasteiger partial charge on any atom is 0.270 e. The zero-order chi connectivity index (χ0) is 16.4. The van der Waals surface area contributed by atoms with Crippen LogP contribution in [0.4, 0.5) is 11.4 Å². The van der Waals surface area contributed by atoms with Gasteiger partial charge in [-0.1, -0.05) is 41.9 Å². The summed E-state index contributed by atoms with van der Waals surface area (Å²) in [6, 6.07) is 17.0. The van der Waals surface area contributed by atoms with Crippen molar-refractivity contribution in [3.8, 4) is 0 Å². The van der Waals surface area contributed by atoms with Crippen molar-refractivity contribution in [2.75, 3.05) is 5.32 Å². The Morgan fingerprint density at radius 1 is 1.00 bits per heavy atom. The Labute approximate surface area is 136 Å². The Morgan fingerprint density at radius 2 is 1.74 bits per heavy atom. The molecule has 23 heavy (non-hydrogen) atoms. The van der Waals surface area contributed by atoms with E-state index in [0.717, 1.165) is 10.8 Å². The van der Waals surface area contributed by atoms with Gasteiger partial charge in [-0.15, -0.1) is 0 Å². The van der Waals surface area contributed by atoms with Crippen LogP contribution in [-0.4, -0.2) is 10.8 Å². The van der Waals surface area contributed by atoms with Crippen molar-refractivity contribution in [1.29, 1.82) is 0 Å². The van der Waals surface area contributed by atoms with Crippen molar-refractivity contribution in [3.05, 3.63) is 81.4 Å². The smallest absolute Gasteiger partial charge is 0.270 e. The summed E-state index contributed by atoms with van der Waals surface area (Å²) in [4.78, 5) is 22.6. The quantitative estimate of drug-likeness (QED) is 0.562. The number of hydrogen-bond acceptors (Lipinski definition) is 3. The normalized spacial score (nSPS) is 10.5. The van der Waals surface area contributed by atoms with Crippen LogP contribution in [0.15, 0.2) is 60.7 Å². The highest BCUT2D eigenvalue weighted by atomic mass is 35.5. The Bertz CT molecular complexity index is 925. The second-order valence-electron chi connectivity index (χ2n) is 4.94. The minimum absolute atomic E-state index is 0.0639. The molecule has 0 radical (unpaired) electrons. The highest BCUT2D eigenvalue weighted by Gasteiger charge is 2.16. The van der Waals surface area contributed by atoms with Gasteiger partial charge in [0.15, 0.2) is 0 Å². The molecule has 0 aliphatic heterocycles. The monoisotopic (exact) mass is 326 g/mol. The van der Waals surface area contributed by atoms with Crippen LogP contribution in [0.25, 0.3) is 10.8 Å². The zero-order valence-corrected chi connectivity index (χ0v) is 12.6. The summed E-state index contributed by atoms with van der Waals surface area (Å²) in [5.74, 6) is -0.492. The van der Waals surface area contributed by atoms with E-state index in [-0.39, 0.29) is 16.3 Å². The largest absolute Gasteiger partial charge is 0.322 e. The number of hydrogen-bond donors (Lipinski definition) is 1. The fourth-order valence-electron chi connectivity index (χ4n) is 2.27. The molecule has 6 heteroatoms. The van der Waals surface area contributed by atoms with Crippen LogP contribution in [-0.2, 0) is 0 Å². The Morgan fingerprint density at radius 3 is 2.48 bits per heavy atom. The molecule has 0 heterocycles. The molecule has 0 aliphatic rings. The minimum atomic E-state index is -0.566. The lowest BCUT2D eigenvalue weighted by Gasteiger charge is -2.08. The first-order valence-electron chi connectivity index (χ1n) is 6.79. The second kappa shape index (κ2) is 6.06. The first-order valence-corrected chi connectivity index (χ1v) is 7.16. The standard InChI is InChI=1S/C17H11ClN2O3/c18-16-8-7-14(20(22)23)10-15(16)17(21)19-13-6-5-11-3-1-2-4-12(11)9-13/h1-10H,(H,19,21). The lowest BCUT2D eigenvalue weighted by molar-refractivity contribution is -0.384. The third kappa shape index (κ3) is 3.14. The van der Waals surface area contributed by atoms with Crippen LogP contribution in [0, 0.1) is 10.1 Å². The van der Waals surface area contributed by atoms with Crippen molar-refractivity contribution in [1.82, 2.24) is 0 Å². The molecule has 3 aromatic rings. The number of nitrogens with one attached hydrogen (secondary N) is 1. The van der Waals surface area contributed by atoms with Gasteiger partial charge in [0.1, 0.15) is 0 Å². The number of carbonyl (C=O) groups is 1. The number of nitro benzene ring substituents is 1. The van der Waals surface area contributed by atoms with Crippen LogP contribution < -0.4 is 5.32 Å². The third-order valence-electron chi connectivity index (χ3n) is 3.41. The summed E-state index contributed by atoms with van der Waals surface area (Å²) in [6.45, 7) is 0. The first kappa shape index (κ1) is 15.0. The molecule has 5 nitrogen and oxygen atoms in total. The van der Waals surface area contributed by atoms with Gasteiger partial charge in [-0.05, 0) is 29.0 Å². The second-order valence-corrected chi connectivity index (χ2v) is 5.34. The first-order chi connectivity index (χ1) is 11.0. The molecule has 0 saturated heterocycles. The van der Waals surface area contributed by atoms with E-state index in [4.69, 9.17) is 11.6 Å². The van der Waals surface area contributed by atoms with E-state index in [1.54, 1.807) is 6.07 Å². The fourth-order valence-corrected chi connectivity index (χ4v) is 2.47. The van der Waals surface area contributed by atoms with E-state index in [1.807, 2.05) is 36.4 Å². The highest BCUT2D eigenvalue weighted by molar-refractivity contribution is 6.34. The van der Waals surface area contributed by atoms with Gasteiger partial charge in [0.2, 0.25) is 0 Å². The van der Waals surface area contributed by atoms with E-state index in [2.05, 4.69) is 5.32 Å². The van der Waals surface area contributed by atoms with E-state index >= 15 is 0 Å². The SMILES string of the molecule is O=C(Nc1ccc2ccccc2c1)c1cc([N+](=O)[O-])ccc1Cl. The Balaban J connectivity index is 1.91. The van der Waals surface area contributed by atoms with Gasteiger partial charge in [-0.2, -0.15) is 0 Å². The molecule has 3 aromatic carbocycles. The molecule has 0 unspecified atom stereocenters. The molecule has 1 N–H and O–H groups in total. The number of nitrogens with zero attached hydrogens (tertiary/aromatic N) is 1. The maximum absolute atomic E-state index is 12.3. The van der Waals surface area contributed by atoms with Gasteiger partial charge >= 0.3 is 0 Å². The minimum Gasteiger partial charge on any atom is -0.322 e. The molecule has 114 valence electrons. The van der Waals surface area contributed by atoms with Gasteiger partial charge in [-0.25, -0.2) is 0 Å². The van der Waals surface area contributed by atoms with Gasteiger partial charge in [0, 0.05) is 17.8 Å². The van der Waals surface area contributed by atoms with Crippen LogP contribution in [0.1, 0.15) is 10.4 Å². The fraction of sp³-hybridized carbons (Fsp3) is 0. The number of carbonyl (C=O) groups excluding carboxylic acids is 1. The Hall–Kier alpha value is -2.92. The predicted octanol–water partition coefficient (Wildman–Crippen LogP) is 4.65. The van der Waals surface area contributed by atoms with Gasteiger partial charge < -0.3 is 5.32 Å². The number of anilines is 1. The van der Waals surface area contributed by atoms with Crippen molar-refractivity contribution in [2.24, 2.45) is 0 Å². The number of rotatable bonds is 3. The van der Waals surface area contributed by atoms with E-state index < -0.39 is 10.8 Å². The third-order valence-corrected chi connectivity index (χ3v) is 3.74. The van der Waals surface area contributed by atoms with Crippen LogP contribution >= 0.6 is 11.6 Å². The van der Waals surface area contributed by atoms with Gasteiger partial charge in [0.25, 0.3) is 11.6 Å². The number of amides is 1. The van der Waals surface area contributed by atoms with Gasteiger partial charge in [0.05, 0.1) is 15.5 Å². The average molecular weight is 327 g/mol. The number of fused-ring (bicyclic) bond motifs is 1. The van der Waals surface area contributed by atoms with Crippen LogP contribution in [0.5, 0.6) is 0 Å². The van der Waals surface area contributed by atoms with Crippen molar-refractivity contribution in [3.63, 3.8) is 0 Å². The van der Waals surface area contributed by atoms with Gasteiger partial charge in [-0.3, -0.25) is 14.9 Å². The van der Waals surface area contributed by atoms with Crippen molar-refractivity contribution < 1.29 is 9.72 Å². The summed E-state index contributed by atoms with van der Waals surface area (Å²) in [5, 5.41) is 15.7. The maximum atomic E-state index is 12.3. The number of halogens is 1. The van der Waals surface area contributed by atoms with Crippen molar-refractivity contribution >= 4 is 39.7 Å². The summed E-state index contributed by atoms with van der Waals surface area (Å²) in [6.07, 6.45) is 0. The lowest BCUT2D eigenvalue weighted by atomic mass is 10.1. The molecule has 3 rings (SSSR count). The summed E-state index contributed by atoms with van der Waals surface area (Å²) >= 11 is 5.97. The molecule has 0 aliphatic carbocycles. The highest BCUT2D eigenvalue weighted by Crippen LogP contribution is 2.24. The molecular weight excluding hydrogens is 316 g/mol. The molecule has 0 fully saturated rings. The summed E-state index contributed by atoms with van der Waals surface area (Å²) in [5.41, 5.74) is 0.475. The van der Waals surface area contributed by atoms with Crippen molar-refractivity contribution in [2.45, 2.75) is 0 Å². The Kier molecular flexibility index (Phi) is 3.95. The van der Waals surface area contributed by atoms with E-state index in [0.29, 0.717) is 5.69 Å². The summed E-state index contributed by atoms with van der Waals surface area (Å²) < 4.78 is 0. The van der Waals surface area contributed by atoms with E-state index in [1.165, 1.54) is 18.2 Å². The van der Waals surface area contributed by atoms with E-state index in [9.17, 15) is 14.9 Å². The topological polar surface area (TPSA) is 72.2 Å². The molecule has 0 bridgehead atoms. The number of non-ortho nitro benzene ring substituents is 1. The molecule has 0 spiro atoms. The summed E-state index contributed by atoms with van der Waals surface area (Å²) in [7, 11) is 0. The van der Waals surface area contributed by atoms with Crippen LogP contribution in [0.2, 0.25) is 5.02 Å². The average Bonchev–Trinajstić information content (AvgIpc) is 2.54. The lowest BCUT2D eigenvalue weighted by Crippen LogP contribution is -2.12. The molecule has 1 amide bonds. The molecule has 0 atom stereocenters. The molecule has 0 aromatic heterocycles. The number of nitro groups is 1. The predicted molar refractivity (Wildman–Crippen MR) is 90.0 cm³/mol. The van der Waals surface area contributed by atoms with Crippen LogP contribution in [0.3, 0.4) is 0 Å². The number of benzene rings is 3.